The van der Waals surface area contributed by atoms with Gasteiger partial charge >= 0.3 is 0 Å². The van der Waals surface area contributed by atoms with E-state index in [0.717, 1.165) is 18.4 Å². The van der Waals surface area contributed by atoms with Crippen molar-refractivity contribution >= 4 is 10.8 Å². The fourth-order valence-electron chi connectivity index (χ4n) is 3.65. The zero-order valence-electron chi connectivity index (χ0n) is 12.0. The molecule has 2 bridgehead atoms. The molecule has 2 aliphatic heterocycles. The molecular weight excluding hydrogens is 262 g/mol. The fourth-order valence-corrected chi connectivity index (χ4v) is 3.65. The van der Waals surface area contributed by atoms with Gasteiger partial charge in [0.15, 0.2) is 0 Å². The van der Waals surface area contributed by atoms with Crippen molar-refractivity contribution in [3.8, 4) is 0 Å². The lowest BCUT2D eigenvalue weighted by molar-refractivity contribution is 0.0942. The van der Waals surface area contributed by atoms with Crippen LogP contribution >= 0.6 is 0 Å². The minimum absolute atomic E-state index is 0.360. The van der Waals surface area contributed by atoms with E-state index in [0.29, 0.717) is 24.8 Å². The number of benzene rings is 2. The summed E-state index contributed by atoms with van der Waals surface area (Å²) in [5.41, 5.74) is 0.977. The number of fused-ring (bicyclic) bond motifs is 3. The van der Waals surface area contributed by atoms with Gasteiger partial charge in [-0.25, -0.2) is 0 Å². The molecule has 0 radical (unpaired) electrons. The first-order valence-electron chi connectivity index (χ1n) is 7.85. The quantitative estimate of drug-likeness (QED) is 0.906. The zero-order valence-corrected chi connectivity index (χ0v) is 12.0. The van der Waals surface area contributed by atoms with Gasteiger partial charge in [-0.05, 0) is 41.7 Å². The van der Waals surface area contributed by atoms with Gasteiger partial charge in [-0.3, -0.25) is 0 Å². The molecule has 0 spiro atoms. The van der Waals surface area contributed by atoms with Gasteiger partial charge in [-0.15, -0.1) is 0 Å². The van der Waals surface area contributed by atoms with E-state index in [2.05, 4.69) is 29.6 Å². The minimum Gasteiger partial charge on any atom is -0.387 e. The molecule has 4 rings (SSSR count). The highest BCUT2D eigenvalue weighted by Gasteiger charge is 2.40. The second kappa shape index (κ2) is 5.41. The van der Waals surface area contributed by atoms with Crippen molar-refractivity contribution in [2.45, 2.75) is 43.6 Å². The average Bonchev–Trinajstić information content (AvgIpc) is 3.15. The standard InChI is InChI=1S/C18H21NO2/c20-17(11-19-16-10-15-7-8-18(16)21-15)14-6-5-12-3-1-2-4-13(12)9-14/h1-6,9,15-20H,7-8,10-11H2. The maximum Gasteiger partial charge on any atom is 0.0914 e. The highest BCUT2D eigenvalue weighted by molar-refractivity contribution is 5.83. The third kappa shape index (κ3) is 2.57. The summed E-state index contributed by atoms with van der Waals surface area (Å²) in [4.78, 5) is 0. The Kier molecular flexibility index (Phi) is 3.42. The van der Waals surface area contributed by atoms with Crippen LogP contribution in [0.5, 0.6) is 0 Å². The summed E-state index contributed by atoms with van der Waals surface area (Å²) in [6, 6.07) is 14.8. The van der Waals surface area contributed by atoms with Crippen LogP contribution in [0.1, 0.15) is 30.9 Å². The Morgan fingerprint density at radius 3 is 2.76 bits per heavy atom. The van der Waals surface area contributed by atoms with Gasteiger partial charge in [0.25, 0.3) is 0 Å². The van der Waals surface area contributed by atoms with E-state index in [9.17, 15) is 5.11 Å². The Morgan fingerprint density at radius 2 is 2.00 bits per heavy atom. The summed E-state index contributed by atoms with van der Waals surface area (Å²) >= 11 is 0. The van der Waals surface area contributed by atoms with E-state index < -0.39 is 6.10 Å². The lowest BCUT2D eigenvalue weighted by Crippen LogP contribution is -2.39. The zero-order chi connectivity index (χ0) is 14.2. The predicted molar refractivity (Wildman–Crippen MR) is 83.2 cm³/mol. The SMILES string of the molecule is OC(CNC1CC2CCC1O2)c1ccc2ccccc2c1. The molecule has 21 heavy (non-hydrogen) atoms. The Bertz CT molecular complexity index is 642. The number of nitrogens with one attached hydrogen (secondary N) is 1. The van der Waals surface area contributed by atoms with Crippen LogP contribution in [0.2, 0.25) is 0 Å². The number of ether oxygens (including phenoxy) is 1. The summed E-state index contributed by atoms with van der Waals surface area (Å²) in [5.74, 6) is 0. The van der Waals surface area contributed by atoms with Crippen molar-refractivity contribution in [3.63, 3.8) is 0 Å². The number of aliphatic hydroxyl groups excluding tert-OH is 1. The average molecular weight is 283 g/mol. The van der Waals surface area contributed by atoms with Crippen LogP contribution in [-0.4, -0.2) is 29.9 Å². The van der Waals surface area contributed by atoms with E-state index >= 15 is 0 Å². The molecule has 110 valence electrons. The smallest absolute Gasteiger partial charge is 0.0914 e. The molecule has 0 saturated carbocycles. The molecule has 2 aromatic carbocycles. The van der Waals surface area contributed by atoms with E-state index in [1.165, 1.54) is 17.2 Å². The first kappa shape index (κ1) is 13.3. The van der Waals surface area contributed by atoms with Crippen LogP contribution in [0.25, 0.3) is 10.8 Å². The molecule has 0 aromatic heterocycles. The number of hydrogen-bond donors (Lipinski definition) is 2. The number of aliphatic hydroxyl groups is 1. The summed E-state index contributed by atoms with van der Waals surface area (Å²) in [6.45, 7) is 0.593. The predicted octanol–water partition coefficient (Wildman–Crippen LogP) is 2.78. The first-order valence-corrected chi connectivity index (χ1v) is 7.85. The summed E-state index contributed by atoms with van der Waals surface area (Å²) < 4.78 is 5.84. The highest BCUT2D eigenvalue weighted by atomic mass is 16.5. The molecule has 2 aliphatic rings. The van der Waals surface area contributed by atoms with Crippen LogP contribution < -0.4 is 5.32 Å². The third-order valence-electron chi connectivity index (χ3n) is 4.84. The van der Waals surface area contributed by atoms with Gasteiger partial charge in [0.1, 0.15) is 0 Å². The van der Waals surface area contributed by atoms with Crippen LogP contribution in [-0.2, 0) is 4.74 Å². The molecule has 3 nitrogen and oxygen atoms in total. The van der Waals surface area contributed by atoms with E-state index in [1.54, 1.807) is 0 Å². The van der Waals surface area contributed by atoms with Crippen LogP contribution in [0.15, 0.2) is 42.5 Å². The Labute approximate surface area is 124 Å². The van der Waals surface area contributed by atoms with Gasteiger partial charge in [0.05, 0.1) is 18.3 Å². The van der Waals surface area contributed by atoms with Crippen molar-refractivity contribution in [3.05, 3.63) is 48.0 Å². The molecule has 4 unspecified atom stereocenters. The Balaban J connectivity index is 1.42. The van der Waals surface area contributed by atoms with Crippen molar-refractivity contribution < 1.29 is 9.84 Å². The summed E-state index contributed by atoms with van der Waals surface area (Å²) in [5, 5.41) is 16.3. The molecular formula is C18H21NO2. The third-order valence-corrected chi connectivity index (χ3v) is 4.84. The normalized spacial score (nSPS) is 29.1. The van der Waals surface area contributed by atoms with Crippen molar-refractivity contribution in [2.75, 3.05) is 6.54 Å². The van der Waals surface area contributed by atoms with Gasteiger partial charge in [0, 0.05) is 12.6 Å². The van der Waals surface area contributed by atoms with E-state index in [1.807, 2.05) is 18.2 Å². The minimum atomic E-state index is -0.464. The lowest BCUT2D eigenvalue weighted by Gasteiger charge is -2.22. The number of hydrogen-bond acceptors (Lipinski definition) is 3. The van der Waals surface area contributed by atoms with Crippen LogP contribution in [0, 0.1) is 0 Å². The van der Waals surface area contributed by atoms with Gasteiger partial charge in [0.2, 0.25) is 0 Å². The molecule has 3 heteroatoms. The van der Waals surface area contributed by atoms with Crippen molar-refractivity contribution in [1.82, 2.24) is 5.32 Å². The maximum absolute atomic E-state index is 10.4. The van der Waals surface area contributed by atoms with Gasteiger partial charge < -0.3 is 15.2 Å². The molecule has 2 heterocycles. The molecule has 0 amide bonds. The maximum atomic E-state index is 10.4. The molecule has 2 N–H and O–H groups in total. The second-order valence-electron chi connectivity index (χ2n) is 6.25. The molecule has 2 aromatic rings. The van der Waals surface area contributed by atoms with Crippen molar-refractivity contribution in [1.29, 1.82) is 0 Å². The Hall–Kier alpha value is -1.42. The lowest BCUT2D eigenvalue weighted by atomic mass is 9.95. The molecule has 2 saturated heterocycles. The topological polar surface area (TPSA) is 41.5 Å². The summed E-state index contributed by atoms with van der Waals surface area (Å²) in [7, 11) is 0. The molecule has 2 fully saturated rings. The number of rotatable bonds is 4. The first-order chi connectivity index (χ1) is 10.3. The van der Waals surface area contributed by atoms with Crippen LogP contribution in [0.4, 0.5) is 0 Å². The van der Waals surface area contributed by atoms with Crippen molar-refractivity contribution in [2.24, 2.45) is 0 Å². The van der Waals surface area contributed by atoms with E-state index in [4.69, 9.17) is 4.74 Å². The van der Waals surface area contributed by atoms with Crippen LogP contribution in [0.3, 0.4) is 0 Å². The second-order valence-corrected chi connectivity index (χ2v) is 6.25. The monoisotopic (exact) mass is 283 g/mol. The molecule has 0 aliphatic carbocycles. The Morgan fingerprint density at radius 1 is 1.14 bits per heavy atom. The van der Waals surface area contributed by atoms with Gasteiger partial charge in [-0.2, -0.15) is 0 Å². The largest absolute Gasteiger partial charge is 0.387 e. The van der Waals surface area contributed by atoms with E-state index in [-0.39, 0.29) is 0 Å². The van der Waals surface area contributed by atoms with Gasteiger partial charge in [-0.1, -0.05) is 36.4 Å². The molecule has 4 atom stereocenters. The fraction of sp³-hybridized carbons (Fsp3) is 0.444. The highest BCUT2D eigenvalue weighted by Crippen LogP contribution is 2.34. The summed E-state index contributed by atoms with van der Waals surface area (Å²) in [6.07, 6.45) is 3.80.